The number of benzene rings is 2. The fourth-order valence-electron chi connectivity index (χ4n) is 1.89. The molecule has 0 saturated heterocycles. The minimum absolute atomic E-state index is 0.0566. The maximum Gasteiger partial charge on any atom is 0.165 e. The molecule has 0 fully saturated rings. The topological polar surface area (TPSA) is 40.5 Å². The molecule has 2 nitrogen and oxygen atoms in total. The fourth-order valence-corrected chi connectivity index (χ4v) is 1.89. The van der Waals surface area contributed by atoms with E-state index in [1.54, 1.807) is 6.07 Å². The zero-order valence-electron chi connectivity index (χ0n) is 10.3. The van der Waals surface area contributed by atoms with E-state index in [2.05, 4.69) is 0 Å². The van der Waals surface area contributed by atoms with E-state index in [0.29, 0.717) is 5.56 Å². The van der Waals surface area contributed by atoms with Gasteiger partial charge in [0, 0.05) is 5.56 Å². The first-order valence-electron chi connectivity index (χ1n) is 5.59. The minimum atomic E-state index is -0.0711. The number of hydrogen-bond donors (Lipinski definition) is 2. The van der Waals surface area contributed by atoms with Crippen LogP contribution in [0.1, 0.15) is 16.7 Å². The Morgan fingerprint density at radius 1 is 0.824 bits per heavy atom. The summed E-state index contributed by atoms with van der Waals surface area (Å²) in [6.45, 7) is 5.97. The smallest absolute Gasteiger partial charge is 0.165 e. The van der Waals surface area contributed by atoms with E-state index < -0.39 is 0 Å². The van der Waals surface area contributed by atoms with Gasteiger partial charge in [0.05, 0.1) is 0 Å². The first-order chi connectivity index (χ1) is 7.99. The number of rotatable bonds is 1. The lowest BCUT2D eigenvalue weighted by molar-refractivity contribution is 0.405. The molecule has 2 aromatic carbocycles. The van der Waals surface area contributed by atoms with Crippen LogP contribution in [0.4, 0.5) is 0 Å². The van der Waals surface area contributed by atoms with Gasteiger partial charge in [-0.1, -0.05) is 18.2 Å². The quantitative estimate of drug-likeness (QED) is 0.731. The monoisotopic (exact) mass is 228 g/mol. The third-order valence-electron chi connectivity index (χ3n) is 3.05. The zero-order valence-corrected chi connectivity index (χ0v) is 10.3. The molecule has 0 aliphatic carbocycles. The lowest BCUT2D eigenvalue weighted by Crippen LogP contribution is -1.86. The van der Waals surface area contributed by atoms with E-state index in [9.17, 15) is 10.2 Å². The Bertz CT molecular complexity index is 571. The van der Waals surface area contributed by atoms with Gasteiger partial charge in [0.25, 0.3) is 0 Å². The van der Waals surface area contributed by atoms with Crippen LogP contribution < -0.4 is 0 Å². The van der Waals surface area contributed by atoms with E-state index in [0.717, 1.165) is 11.1 Å². The molecule has 0 radical (unpaired) electrons. The van der Waals surface area contributed by atoms with Crippen molar-refractivity contribution in [3.05, 3.63) is 47.0 Å². The van der Waals surface area contributed by atoms with Gasteiger partial charge in [-0.05, 0) is 55.2 Å². The number of phenolic OH excluding ortho intramolecular Hbond substituents is 2. The average Bonchev–Trinajstić information content (AvgIpc) is 2.27. The maximum absolute atomic E-state index is 9.89. The van der Waals surface area contributed by atoms with Gasteiger partial charge < -0.3 is 10.2 Å². The molecule has 2 heteroatoms. The molecule has 0 saturated carbocycles. The normalized spacial score (nSPS) is 10.5. The van der Waals surface area contributed by atoms with E-state index in [1.807, 2.05) is 45.0 Å². The summed E-state index contributed by atoms with van der Waals surface area (Å²) in [4.78, 5) is 0. The number of phenols is 2. The summed E-state index contributed by atoms with van der Waals surface area (Å²) in [6.07, 6.45) is 0. The van der Waals surface area contributed by atoms with Crippen LogP contribution in [0.25, 0.3) is 11.1 Å². The Kier molecular flexibility index (Phi) is 2.80. The maximum atomic E-state index is 9.89. The number of hydrogen-bond acceptors (Lipinski definition) is 2. The van der Waals surface area contributed by atoms with Crippen molar-refractivity contribution in [2.24, 2.45) is 0 Å². The summed E-state index contributed by atoms with van der Waals surface area (Å²) in [5.41, 5.74) is 4.90. The third-order valence-corrected chi connectivity index (χ3v) is 3.05. The fraction of sp³-hybridized carbons (Fsp3) is 0.200. The van der Waals surface area contributed by atoms with Gasteiger partial charge in [0.15, 0.2) is 11.5 Å². The molecule has 0 aliphatic rings. The van der Waals surface area contributed by atoms with Crippen LogP contribution in [0.3, 0.4) is 0 Å². The Morgan fingerprint density at radius 2 is 1.53 bits per heavy atom. The standard InChI is InChI=1S/C15H16O2/c1-9-6-13(15(17)14(16)7-9)12-5-4-10(2)11(3)8-12/h4-8,16-17H,1-3H3. The first-order valence-corrected chi connectivity index (χ1v) is 5.59. The molecular formula is C15H16O2. The van der Waals surface area contributed by atoms with Crippen molar-refractivity contribution in [3.63, 3.8) is 0 Å². The lowest BCUT2D eigenvalue weighted by atomic mass is 9.98. The summed E-state index contributed by atoms with van der Waals surface area (Å²) >= 11 is 0. The minimum Gasteiger partial charge on any atom is -0.504 e. The molecule has 2 rings (SSSR count). The second-order valence-electron chi connectivity index (χ2n) is 4.48. The Balaban J connectivity index is 2.64. The van der Waals surface area contributed by atoms with Crippen LogP contribution in [0.5, 0.6) is 11.5 Å². The van der Waals surface area contributed by atoms with Crippen LogP contribution in [0.15, 0.2) is 30.3 Å². The predicted molar refractivity (Wildman–Crippen MR) is 69.4 cm³/mol. The van der Waals surface area contributed by atoms with Crippen molar-refractivity contribution in [2.75, 3.05) is 0 Å². The summed E-state index contributed by atoms with van der Waals surface area (Å²) in [7, 11) is 0. The SMILES string of the molecule is Cc1cc(O)c(O)c(-c2ccc(C)c(C)c2)c1. The van der Waals surface area contributed by atoms with Crippen LogP contribution in [0, 0.1) is 20.8 Å². The zero-order chi connectivity index (χ0) is 12.6. The molecule has 0 unspecified atom stereocenters. The van der Waals surface area contributed by atoms with E-state index in [4.69, 9.17) is 0 Å². The molecular weight excluding hydrogens is 212 g/mol. The Morgan fingerprint density at radius 3 is 2.18 bits per heavy atom. The molecule has 88 valence electrons. The molecule has 0 spiro atoms. The second kappa shape index (κ2) is 4.13. The molecule has 17 heavy (non-hydrogen) atoms. The van der Waals surface area contributed by atoms with Crippen molar-refractivity contribution in [3.8, 4) is 22.6 Å². The number of aromatic hydroxyl groups is 2. The first kappa shape index (κ1) is 11.5. The third kappa shape index (κ3) is 2.11. The van der Waals surface area contributed by atoms with Gasteiger partial charge in [-0.2, -0.15) is 0 Å². The van der Waals surface area contributed by atoms with Crippen molar-refractivity contribution < 1.29 is 10.2 Å². The van der Waals surface area contributed by atoms with E-state index in [-0.39, 0.29) is 11.5 Å². The van der Waals surface area contributed by atoms with Gasteiger partial charge in [-0.25, -0.2) is 0 Å². The van der Waals surface area contributed by atoms with Gasteiger partial charge in [0.2, 0.25) is 0 Å². The van der Waals surface area contributed by atoms with Crippen molar-refractivity contribution in [2.45, 2.75) is 20.8 Å². The second-order valence-corrected chi connectivity index (χ2v) is 4.48. The van der Waals surface area contributed by atoms with Gasteiger partial charge in [-0.3, -0.25) is 0 Å². The molecule has 2 aromatic rings. The van der Waals surface area contributed by atoms with Crippen molar-refractivity contribution in [1.82, 2.24) is 0 Å². The van der Waals surface area contributed by atoms with E-state index >= 15 is 0 Å². The van der Waals surface area contributed by atoms with Crippen molar-refractivity contribution >= 4 is 0 Å². The molecule has 0 amide bonds. The largest absolute Gasteiger partial charge is 0.504 e. The highest BCUT2D eigenvalue weighted by molar-refractivity contribution is 5.74. The van der Waals surface area contributed by atoms with Gasteiger partial charge in [-0.15, -0.1) is 0 Å². The summed E-state index contributed by atoms with van der Waals surface area (Å²) in [6, 6.07) is 9.42. The van der Waals surface area contributed by atoms with Crippen molar-refractivity contribution in [1.29, 1.82) is 0 Å². The van der Waals surface area contributed by atoms with Crippen LogP contribution in [-0.2, 0) is 0 Å². The number of aryl methyl sites for hydroxylation is 3. The molecule has 2 N–H and O–H groups in total. The highest BCUT2D eigenvalue weighted by atomic mass is 16.3. The molecule has 0 heterocycles. The van der Waals surface area contributed by atoms with Crippen LogP contribution in [0.2, 0.25) is 0 Å². The summed E-state index contributed by atoms with van der Waals surface area (Å²) in [5, 5.41) is 19.5. The highest BCUT2D eigenvalue weighted by Crippen LogP contribution is 2.37. The summed E-state index contributed by atoms with van der Waals surface area (Å²) < 4.78 is 0. The molecule has 0 aliphatic heterocycles. The lowest BCUT2D eigenvalue weighted by Gasteiger charge is -2.10. The molecule has 0 atom stereocenters. The van der Waals surface area contributed by atoms with Crippen LogP contribution in [-0.4, -0.2) is 10.2 Å². The Hall–Kier alpha value is -1.96. The molecule has 0 aromatic heterocycles. The van der Waals surface area contributed by atoms with E-state index in [1.165, 1.54) is 11.1 Å². The highest BCUT2D eigenvalue weighted by Gasteiger charge is 2.10. The molecule has 0 bridgehead atoms. The Labute approximate surface area is 101 Å². The van der Waals surface area contributed by atoms with Gasteiger partial charge >= 0.3 is 0 Å². The predicted octanol–water partition coefficient (Wildman–Crippen LogP) is 3.69. The average molecular weight is 228 g/mol. The van der Waals surface area contributed by atoms with Crippen LogP contribution >= 0.6 is 0 Å². The van der Waals surface area contributed by atoms with Gasteiger partial charge in [0.1, 0.15) is 0 Å². The summed E-state index contributed by atoms with van der Waals surface area (Å²) in [5.74, 6) is -0.128.